The molecule has 0 saturated carbocycles. The maximum Gasteiger partial charge on any atom is 0.256 e. The minimum atomic E-state index is -0.295. The number of hydrogen-bond donors (Lipinski definition) is 0. The lowest BCUT2D eigenvalue weighted by molar-refractivity contribution is 0.546. The lowest BCUT2D eigenvalue weighted by atomic mass is 9.34. The van der Waals surface area contributed by atoms with Gasteiger partial charge in [0.2, 0.25) is 0 Å². The molecule has 0 spiro atoms. The fraction of sp³-hybridized carbons (Fsp3) is 0.170. The van der Waals surface area contributed by atoms with Crippen LogP contribution in [0, 0.1) is 0 Å². The van der Waals surface area contributed by atoms with Gasteiger partial charge in [0, 0.05) is 39.8 Å². The molecule has 0 radical (unpaired) electrons. The van der Waals surface area contributed by atoms with Crippen molar-refractivity contribution >= 4 is 57.5 Å². The van der Waals surface area contributed by atoms with Crippen LogP contribution in [-0.2, 0) is 10.8 Å². The summed E-state index contributed by atoms with van der Waals surface area (Å²) >= 11 is 0. The van der Waals surface area contributed by atoms with Crippen LogP contribution < -0.4 is 26.2 Å². The highest BCUT2D eigenvalue weighted by atomic mass is 15.3. The minimum Gasteiger partial charge on any atom is -0.296 e. The van der Waals surface area contributed by atoms with Crippen LogP contribution in [0.25, 0.3) is 22.4 Å². The van der Waals surface area contributed by atoms with Gasteiger partial charge in [-0.3, -0.25) is 14.8 Å². The van der Waals surface area contributed by atoms with Crippen LogP contribution in [0.1, 0.15) is 52.9 Å². The first-order valence-corrected chi connectivity index (χ1v) is 18.5. The van der Waals surface area contributed by atoms with Crippen LogP contribution in [-0.4, -0.2) is 21.7 Å². The molecule has 53 heavy (non-hydrogen) atoms. The summed E-state index contributed by atoms with van der Waals surface area (Å²) in [5.41, 5.74) is 13.3. The average molecular weight is 688 g/mol. The van der Waals surface area contributed by atoms with Gasteiger partial charge in [0.15, 0.2) is 0 Å². The summed E-state index contributed by atoms with van der Waals surface area (Å²) in [6.45, 7) is 13.2. The van der Waals surface area contributed by atoms with Crippen LogP contribution in [0.3, 0.4) is 0 Å². The van der Waals surface area contributed by atoms with Gasteiger partial charge >= 0.3 is 0 Å². The first kappa shape index (κ1) is 32.9. The van der Waals surface area contributed by atoms with E-state index in [4.69, 9.17) is 15.0 Å². The lowest BCUT2D eigenvalue weighted by Crippen LogP contribution is -2.62. The highest BCUT2D eigenvalue weighted by molar-refractivity contribution is 7.00. The summed E-state index contributed by atoms with van der Waals surface area (Å²) in [5, 5.41) is 0. The Morgan fingerprint density at radius 1 is 0.491 bits per heavy atom. The Morgan fingerprint density at radius 2 is 1.00 bits per heavy atom. The van der Waals surface area contributed by atoms with Gasteiger partial charge < -0.3 is 0 Å². The van der Waals surface area contributed by atoms with Gasteiger partial charge in [-0.1, -0.05) is 133 Å². The highest BCUT2D eigenvalue weighted by Gasteiger charge is 2.46. The van der Waals surface area contributed by atoms with Gasteiger partial charge in [-0.2, -0.15) is 0 Å². The molecule has 258 valence electrons. The predicted molar refractivity (Wildman–Crippen MR) is 222 cm³/mol. The van der Waals surface area contributed by atoms with E-state index in [1.54, 1.807) is 0 Å². The number of anilines is 6. The van der Waals surface area contributed by atoms with Crippen molar-refractivity contribution in [3.05, 3.63) is 157 Å². The van der Waals surface area contributed by atoms with Crippen molar-refractivity contribution in [1.29, 1.82) is 0 Å². The molecule has 4 heterocycles. The lowest BCUT2D eigenvalue weighted by Gasteiger charge is -2.43. The molecule has 9 rings (SSSR count). The Balaban J connectivity index is 1.39. The molecule has 5 aromatic carbocycles. The van der Waals surface area contributed by atoms with E-state index in [-0.39, 0.29) is 17.5 Å². The second kappa shape index (κ2) is 12.3. The van der Waals surface area contributed by atoms with Gasteiger partial charge in [-0.15, -0.1) is 0 Å². The zero-order valence-corrected chi connectivity index (χ0v) is 31.2. The number of rotatable bonds is 4. The topological polar surface area (TPSA) is 45.2 Å². The number of fused-ring (bicyclic) bond motifs is 4. The molecule has 2 aliphatic heterocycles. The summed E-state index contributed by atoms with van der Waals surface area (Å²) in [6.07, 6.45) is 1.95. The fourth-order valence-electron chi connectivity index (χ4n) is 7.77. The van der Waals surface area contributed by atoms with Crippen molar-refractivity contribution in [3.8, 4) is 22.4 Å². The highest BCUT2D eigenvalue weighted by Crippen LogP contribution is 2.44. The van der Waals surface area contributed by atoms with Crippen LogP contribution in [0.5, 0.6) is 0 Å². The SMILES string of the molecule is CC(C)(C)c1ccnc(-c2ccc3c(c2)B2c4cc(-c5ccccc5)ccc4N(c4ccccc4)c4nc(C(C)(C)C)nc(c42)N3c2ccccc2)c1. The van der Waals surface area contributed by atoms with Crippen molar-refractivity contribution < 1.29 is 0 Å². The van der Waals surface area contributed by atoms with Crippen LogP contribution in [0.2, 0.25) is 0 Å². The molecular formula is C47H42BN5. The molecule has 0 atom stereocenters. The third-order valence-corrected chi connectivity index (χ3v) is 10.5. The van der Waals surface area contributed by atoms with E-state index in [1.807, 2.05) is 6.20 Å². The van der Waals surface area contributed by atoms with Crippen molar-refractivity contribution in [2.24, 2.45) is 0 Å². The molecule has 5 nitrogen and oxygen atoms in total. The number of pyridine rings is 1. The molecule has 0 amide bonds. The van der Waals surface area contributed by atoms with E-state index in [1.165, 1.54) is 27.6 Å². The summed E-state index contributed by atoms with van der Waals surface area (Å²) in [5.74, 6) is 2.64. The molecule has 0 aliphatic carbocycles. The zero-order valence-electron chi connectivity index (χ0n) is 31.2. The monoisotopic (exact) mass is 687 g/mol. The maximum atomic E-state index is 5.51. The van der Waals surface area contributed by atoms with E-state index in [0.717, 1.165) is 56.9 Å². The maximum absolute atomic E-state index is 5.51. The first-order valence-electron chi connectivity index (χ1n) is 18.5. The molecular weight excluding hydrogens is 645 g/mol. The van der Waals surface area contributed by atoms with E-state index in [2.05, 4.69) is 191 Å². The first-order chi connectivity index (χ1) is 25.6. The molecule has 7 aromatic rings. The molecule has 2 aromatic heterocycles. The van der Waals surface area contributed by atoms with Crippen molar-refractivity contribution in [2.45, 2.75) is 52.4 Å². The predicted octanol–water partition coefficient (Wildman–Crippen LogP) is 9.88. The molecule has 2 aliphatic rings. The van der Waals surface area contributed by atoms with Crippen molar-refractivity contribution in [3.63, 3.8) is 0 Å². The second-order valence-electron chi connectivity index (χ2n) is 16.2. The largest absolute Gasteiger partial charge is 0.296 e. The molecule has 0 N–H and O–H groups in total. The Hall–Kier alpha value is -6.01. The molecule has 0 saturated heterocycles. The van der Waals surface area contributed by atoms with E-state index >= 15 is 0 Å². The van der Waals surface area contributed by atoms with Crippen LogP contribution >= 0.6 is 0 Å². The number of para-hydroxylation sites is 2. The number of hydrogen-bond acceptors (Lipinski definition) is 5. The Kier molecular flexibility index (Phi) is 7.63. The van der Waals surface area contributed by atoms with Gasteiger partial charge in [0.25, 0.3) is 6.71 Å². The fourth-order valence-corrected chi connectivity index (χ4v) is 7.77. The van der Waals surface area contributed by atoms with E-state index in [9.17, 15) is 0 Å². The van der Waals surface area contributed by atoms with Gasteiger partial charge in [-0.25, -0.2) is 9.97 Å². The van der Waals surface area contributed by atoms with Gasteiger partial charge in [0.1, 0.15) is 17.5 Å². The zero-order chi connectivity index (χ0) is 36.5. The summed E-state index contributed by atoms with van der Waals surface area (Å²) < 4.78 is 0. The van der Waals surface area contributed by atoms with Gasteiger partial charge in [0.05, 0.1) is 5.69 Å². The smallest absolute Gasteiger partial charge is 0.256 e. The van der Waals surface area contributed by atoms with E-state index < -0.39 is 0 Å². The standard InChI is InChI=1S/C47H42BN5/c1-46(2,3)34-26-27-49-39(30-34)33-23-25-41-38(29-33)48-37-28-32(31-16-10-7-11-17-31)22-24-40(37)52(35-18-12-8-13-19-35)43-42(48)44(51-45(50-43)47(4,5)6)53(41)36-20-14-9-15-21-36/h7-30H,1-6H3. The second-order valence-corrected chi connectivity index (χ2v) is 16.2. The van der Waals surface area contributed by atoms with Crippen molar-refractivity contribution in [2.75, 3.05) is 9.80 Å². The third-order valence-electron chi connectivity index (χ3n) is 10.5. The van der Waals surface area contributed by atoms with Gasteiger partial charge in [-0.05, 0) is 87.1 Å². The average Bonchev–Trinajstić information content (AvgIpc) is 3.17. The Morgan fingerprint density at radius 3 is 1.53 bits per heavy atom. The molecule has 0 bridgehead atoms. The third kappa shape index (κ3) is 5.61. The van der Waals surface area contributed by atoms with Crippen LogP contribution in [0.15, 0.2) is 146 Å². The number of nitrogens with zero attached hydrogens (tertiary/aromatic N) is 5. The summed E-state index contributed by atoms with van der Waals surface area (Å²) in [4.78, 5) is 20.6. The molecule has 6 heteroatoms. The van der Waals surface area contributed by atoms with Crippen molar-refractivity contribution in [1.82, 2.24) is 15.0 Å². The molecule has 0 unspecified atom stereocenters. The summed E-state index contributed by atoms with van der Waals surface area (Å²) in [6, 6.07) is 50.1. The van der Waals surface area contributed by atoms with E-state index in [0.29, 0.717) is 0 Å². The molecule has 0 fully saturated rings. The number of aromatic nitrogens is 3. The van der Waals surface area contributed by atoms with Crippen LogP contribution in [0.4, 0.5) is 34.4 Å². The Labute approximate surface area is 313 Å². The normalized spacial score (nSPS) is 13.4. The summed E-state index contributed by atoms with van der Waals surface area (Å²) in [7, 11) is 0. The minimum absolute atomic E-state index is 0.00297. The Bertz CT molecular complexity index is 2470. The quantitative estimate of drug-likeness (QED) is 0.173. The number of benzene rings is 5.